The smallest absolute Gasteiger partial charge is 0.0951 e. The van der Waals surface area contributed by atoms with Crippen LogP contribution in [0.3, 0.4) is 0 Å². The van der Waals surface area contributed by atoms with Crippen molar-refractivity contribution in [2.75, 3.05) is 30.8 Å². The third kappa shape index (κ3) is 3.45. The molecule has 0 aliphatic rings. The molecule has 0 spiro atoms. The van der Waals surface area contributed by atoms with E-state index in [0.717, 1.165) is 28.7 Å². The van der Waals surface area contributed by atoms with Gasteiger partial charge >= 0.3 is 0 Å². The lowest BCUT2D eigenvalue weighted by atomic mass is 10.1. The second kappa shape index (κ2) is 6.20. The van der Waals surface area contributed by atoms with Gasteiger partial charge in [-0.15, -0.1) is 0 Å². The number of aromatic nitrogens is 1. The van der Waals surface area contributed by atoms with Crippen molar-refractivity contribution >= 4 is 22.3 Å². The van der Waals surface area contributed by atoms with Crippen LogP contribution in [-0.2, 0) is 4.74 Å². The molecule has 0 radical (unpaired) electrons. The highest BCUT2D eigenvalue weighted by molar-refractivity contribution is 5.98. The number of nitrogen functional groups attached to an aromatic ring is 1. The molecule has 4 heteroatoms. The predicted molar refractivity (Wildman–Crippen MR) is 80.3 cm³/mol. The van der Waals surface area contributed by atoms with Gasteiger partial charge in [-0.1, -0.05) is 12.2 Å². The van der Waals surface area contributed by atoms with Crippen molar-refractivity contribution in [1.29, 1.82) is 0 Å². The Bertz CT molecular complexity index is 581. The van der Waals surface area contributed by atoms with Gasteiger partial charge in [-0.3, -0.25) is 4.98 Å². The minimum atomic E-state index is 0.603. The van der Waals surface area contributed by atoms with Crippen LogP contribution < -0.4 is 11.1 Å². The largest absolute Gasteiger partial charge is 0.397 e. The van der Waals surface area contributed by atoms with Crippen LogP contribution in [0.1, 0.15) is 6.92 Å². The summed E-state index contributed by atoms with van der Waals surface area (Å²) < 4.78 is 5.45. The van der Waals surface area contributed by atoms with Gasteiger partial charge in [0.25, 0.3) is 0 Å². The monoisotopic (exact) mass is 257 g/mol. The highest BCUT2D eigenvalue weighted by Gasteiger charge is 2.03. The molecule has 0 saturated heterocycles. The molecule has 0 fully saturated rings. The molecule has 4 nitrogen and oxygen atoms in total. The zero-order chi connectivity index (χ0) is 13.7. The summed E-state index contributed by atoms with van der Waals surface area (Å²) >= 11 is 0. The van der Waals surface area contributed by atoms with Crippen molar-refractivity contribution in [1.82, 2.24) is 4.98 Å². The topological polar surface area (TPSA) is 60.2 Å². The van der Waals surface area contributed by atoms with E-state index >= 15 is 0 Å². The summed E-state index contributed by atoms with van der Waals surface area (Å²) in [5.41, 5.74) is 9.49. The standard InChI is InChI=1S/C15H19N3O/c1-11(2)10-19-9-8-17-14-6-5-13(16)15-12(14)4-3-7-18-15/h3-7,17H,1,8-10,16H2,2H3. The first-order chi connectivity index (χ1) is 9.18. The van der Waals surface area contributed by atoms with Gasteiger partial charge in [0, 0.05) is 23.8 Å². The van der Waals surface area contributed by atoms with Crippen LogP contribution in [0, 0.1) is 0 Å². The summed E-state index contributed by atoms with van der Waals surface area (Å²) in [5.74, 6) is 0. The Kier molecular flexibility index (Phi) is 4.36. The molecule has 0 unspecified atom stereocenters. The summed E-state index contributed by atoms with van der Waals surface area (Å²) in [6.45, 7) is 7.72. The number of hydrogen-bond acceptors (Lipinski definition) is 4. The molecular weight excluding hydrogens is 238 g/mol. The van der Waals surface area contributed by atoms with E-state index in [1.807, 2.05) is 31.2 Å². The molecule has 19 heavy (non-hydrogen) atoms. The van der Waals surface area contributed by atoms with Crippen LogP contribution in [0.25, 0.3) is 10.9 Å². The molecule has 0 amide bonds. The van der Waals surface area contributed by atoms with Gasteiger partial charge in [0.1, 0.15) is 0 Å². The van der Waals surface area contributed by atoms with Gasteiger partial charge in [0.05, 0.1) is 24.4 Å². The average Bonchev–Trinajstić information content (AvgIpc) is 2.41. The lowest BCUT2D eigenvalue weighted by Crippen LogP contribution is -2.10. The van der Waals surface area contributed by atoms with Crippen molar-refractivity contribution in [3.63, 3.8) is 0 Å². The van der Waals surface area contributed by atoms with Gasteiger partial charge in [0.2, 0.25) is 0 Å². The Morgan fingerprint density at radius 2 is 2.26 bits per heavy atom. The Labute approximate surface area is 113 Å². The Hall–Kier alpha value is -2.07. The van der Waals surface area contributed by atoms with E-state index in [1.54, 1.807) is 6.20 Å². The first kappa shape index (κ1) is 13.4. The van der Waals surface area contributed by atoms with Gasteiger partial charge in [0.15, 0.2) is 0 Å². The Morgan fingerprint density at radius 1 is 1.42 bits per heavy atom. The van der Waals surface area contributed by atoms with Crippen LogP contribution in [0.2, 0.25) is 0 Å². The number of nitrogens with two attached hydrogens (primary N) is 1. The molecule has 1 aromatic heterocycles. The Balaban J connectivity index is 2.01. The third-order valence-corrected chi connectivity index (χ3v) is 2.71. The SMILES string of the molecule is C=C(C)COCCNc1ccc(N)c2ncccc12. The summed E-state index contributed by atoms with van der Waals surface area (Å²) in [7, 11) is 0. The summed E-state index contributed by atoms with van der Waals surface area (Å²) in [6.07, 6.45) is 1.75. The summed E-state index contributed by atoms with van der Waals surface area (Å²) in [6, 6.07) is 7.75. The van der Waals surface area contributed by atoms with E-state index in [-0.39, 0.29) is 0 Å². The number of nitrogens with one attached hydrogen (secondary N) is 1. The van der Waals surface area contributed by atoms with E-state index in [1.165, 1.54) is 0 Å². The average molecular weight is 257 g/mol. The van der Waals surface area contributed by atoms with Crippen LogP contribution in [-0.4, -0.2) is 24.7 Å². The Morgan fingerprint density at radius 3 is 3.05 bits per heavy atom. The number of rotatable bonds is 6. The molecular formula is C15H19N3O. The van der Waals surface area contributed by atoms with Crippen molar-refractivity contribution in [3.05, 3.63) is 42.6 Å². The van der Waals surface area contributed by atoms with Crippen LogP contribution in [0.5, 0.6) is 0 Å². The van der Waals surface area contributed by atoms with Crippen molar-refractivity contribution < 1.29 is 4.74 Å². The fourth-order valence-corrected chi connectivity index (χ4v) is 1.85. The van der Waals surface area contributed by atoms with Gasteiger partial charge in [-0.2, -0.15) is 0 Å². The third-order valence-electron chi connectivity index (χ3n) is 2.71. The molecule has 2 rings (SSSR count). The van der Waals surface area contributed by atoms with E-state index in [9.17, 15) is 0 Å². The highest BCUT2D eigenvalue weighted by atomic mass is 16.5. The molecule has 0 bridgehead atoms. The lowest BCUT2D eigenvalue weighted by Gasteiger charge is -2.11. The number of anilines is 2. The number of nitrogens with zero attached hydrogens (tertiary/aromatic N) is 1. The molecule has 0 atom stereocenters. The van der Waals surface area contributed by atoms with E-state index < -0.39 is 0 Å². The molecule has 100 valence electrons. The first-order valence-electron chi connectivity index (χ1n) is 6.27. The maximum atomic E-state index is 5.91. The second-order valence-electron chi connectivity index (χ2n) is 4.54. The van der Waals surface area contributed by atoms with Crippen LogP contribution in [0.4, 0.5) is 11.4 Å². The lowest BCUT2D eigenvalue weighted by molar-refractivity contribution is 0.167. The minimum absolute atomic E-state index is 0.603. The van der Waals surface area contributed by atoms with Crippen LogP contribution in [0.15, 0.2) is 42.6 Å². The second-order valence-corrected chi connectivity index (χ2v) is 4.54. The number of ether oxygens (including phenoxy) is 1. The fraction of sp³-hybridized carbons (Fsp3) is 0.267. The van der Waals surface area contributed by atoms with Crippen molar-refractivity contribution in [2.24, 2.45) is 0 Å². The first-order valence-corrected chi connectivity index (χ1v) is 6.27. The quantitative estimate of drug-likeness (QED) is 0.474. The van der Waals surface area contributed by atoms with Crippen molar-refractivity contribution in [2.45, 2.75) is 6.92 Å². The molecule has 0 saturated carbocycles. The molecule has 1 heterocycles. The summed E-state index contributed by atoms with van der Waals surface area (Å²) in [5, 5.41) is 4.37. The fourth-order valence-electron chi connectivity index (χ4n) is 1.85. The van der Waals surface area contributed by atoms with Crippen molar-refractivity contribution in [3.8, 4) is 0 Å². The number of fused-ring (bicyclic) bond motifs is 1. The highest BCUT2D eigenvalue weighted by Crippen LogP contribution is 2.26. The van der Waals surface area contributed by atoms with Gasteiger partial charge in [-0.25, -0.2) is 0 Å². The van der Waals surface area contributed by atoms with E-state index in [2.05, 4.69) is 16.9 Å². The molecule has 2 aromatic rings. The van der Waals surface area contributed by atoms with E-state index in [0.29, 0.717) is 18.9 Å². The zero-order valence-electron chi connectivity index (χ0n) is 11.1. The predicted octanol–water partition coefficient (Wildman–Crippen LogP) is 2.82. The van der Waals surface area contributed by atoms with Gasteiger partial charge < -0.3 is 15.8 Å². The number of hydrogen-bond donors (Lipinski definition) is 2. The maximum absolute atomic E-state index is 5.91. The van der Waals surface area contributed by atoms with Gasteiger partial charge in [-0.05, 0) is 31.2 Å². The molecule has 1 aromatic carbocycles. The van der Waals surface area contributed by atoms with Crippen LogP contribution >= 0.6 is 0 Å². The minimum Gasteiger partial charge on any atom is -0.397 e. The number of pyridine rings is 1. The summed E-state index contributed by atoms with van der Waals surface area (Å²) in [4.78, 5) is 4.30. The normalized spacial score (nSPS) is 10.6. The molecule has 3 N–H and O–H groups in total. The zero-order valence-corrected chi connectivity index (χ0v) is 11.1. The number of benzene rings is 1. The molecule has 0 aliphatic carbocycles. The van der Waals surface area contributed by atoms with E-state index in [4.69, 9.17) is 10.5 Å². The molecule has 0 aliphatic heterocycles. The maximum Gasteiger partial charge on any atom is 0.0951 e.